The Hall–Kier alpha value is -2.86. The number of rotatable bonds is 3. The van der Waals surface area contributed by atoms with E-state index in [1.807, 2.05) is 23.1 Å². The highest BCUT2D eigenvalue weighted by Gasteiger charge is 2.30. The average Bonchev–Trinajstić information content (AvgIpc) is 3.30. The number of nitrogens with zero attached hydrogens (tertiary/aromatic N) is 4. The standard InChI is InChI=1S/C24H24N4OS/c1-14-9-10-15(2)22-19(14)11-16(3)23-25-26-24(28(22)23)30-13-21(29)27-17(4)12-18-7-5-6-8-20(18)27/h5-11,17H,12-13H2,1-4H3. The first kappa shape index (κ1) is 19.1. The molecule has 152 valence electrons. The maximum Gasteiger partial charge on any atom is 0.237 e. The van der Waals surface area contributed by atoms with E-state index in [2.05, 4.69) is 66.6 Å². The summed E-state index contributed by atoms with van der Waals surface area (Å²) in [7, 11) is 0. The van der Waals surface area contributed by atoms with Gasteiger partial charge in [0.1, 0.15) is 0 Å². The summed E-state index contributed by atoms with van der Waals surface area (Å²) in [4.78, 5) is 15.1. The molecule has 30 heavy (non-hydrogen) atoms. The molecular formula is C24H24N4OS. The molecule has 1 unspecified atom stereocenters. The molecule has 1 amide bonds. The Morgan fingerprint density at radius 3 is 2.67 bits per heavy atom. The van der Waals surface area contributed by atoms with Crippen LogP contribution in [0.25, 0.3) is 16.6 Å². The lowest BCUT2D eigenvalue weighted by Crippen LogP contribution is -2.37. The van der Waals surface area contributed by atoms with Gasteiger partial charge in [-0.1, -0.05) is 42.1 Å². The molecule has 0 radical (unpaired) electrons. The van der Waals surface area contributed by atoms with Crippen molar-refractivity contribution in [1.29, 1.82) is 0 Å². The van der Waals surface area contributed by atoms with Crippen LogP contribution < -0.4 is 4.90 Å². The molecule has 6 heteroatoms. The molecule has 2 aromatic carbocycles. The Bertz CT molecular complexity index is 1310. The predicted octanol–water partition coefficient (Wildman–Crippen LogP) is 4.88. The summed E-state index contributed by atoms with van der Waals surface area (Å²) in [6.07, 6.45) is 0.906. The Morgan fingerprint density at radius 1 is 1.07 bits per heavy atom. The molecule has 5 nitrogen and oxygen atoms in total. The Morgan fingerprint density at radius 2 is 1.83 bits per heavy atom. The summed E-state index contributed by atoms with van der Waals surface area (Å²) in [6, 6.07) is 14.8. The van der Waals surface area contributed by atoms with Gasteiger partial charge in [-0.15, -0.1) is 10.2 Å². The first-order valence-electron chi connectivity index (χ1n) is 10.2. The Balaban J connectivity index is 1.51. The summed E-state index contributed by atoms with van der Waals surface area (Å²) < 4.78 is 2.12. The van der Waals surface area contributed by atoms with Gasteiger partial charge in [-0.3, -0.25) is 9.20 Å². The fourth-order valence-corrected chi connectivity index (χ4v) is 5.34. The number of aryl methyl sites for hydroxylation is 3. The van der Waals surface area contributed by atoms with Crippen molar-refractivity contribution in [1.82, 2.24) is 14.6 Å². The highest BCUT2D eigenvalue weighted by Crippen LogP contribution is 2.34. The Kier molecular flexibility index (Phi) is 4.54. The van der Waals surface area contributed by atoms with Crippen LogP contribution in [0.2, 0.25) is 0 Å². The minimum Gasteiger partial charge on any atom is -0.308 e. The second-order valence-electron chi connectivity index (χ2n) is 8.16. The largest absolute Gasteiger partial charge is 0.308 e. The molecule has 5 rings (SSSR count). The van der Waals surface area contributed by atoms with E-state index >= 15 is 0 Å². The highest BCUT2D eigenvalue weighted by molar-refractivity contribution is 7.99. The summed E-state index contributed by atoms with van der Waals surface area (Å²) in [5.74, 6) is 0.443. The van der Waals surface area contributed by atoms with Gasteiger partial charge in [-0.2, -0.15) is 0 Å². The topological polar surface area (TPSA) is 50.5 Å². The summed E-state index contributed by atoms with van der Waals surface area (Å²) in [5.41, 5.74) is 7.74. The van der Waals surface area contributed by atoms with Crippen LogP contribution in [0, 0.1) is 20.8 Å². The van der Waals surface area contributed by atoms with E-state index in [0.29, 0.717) is 5.75 Å². The third kappa shape index (κ3) is 2.89. The maximum absolute atomic E-state index is 13.1. The van der Waals surface area contributed by atoms with Gasteiger partial charge in [0.05, 0.1) is 11.3 Å². The highest BCUT2D eigenvalue weighted by atomic mass is 32.2. The number of carbonyl (C=O) groups is 1. The molecule has 2 aromatic heterocycles. The lowest BCUT2D eigenvalue weighted by molar-refractivity contribution is -0.116. The molecule has 0 fully saturated rings. The zero-order valence-corrected chi connectivity index (χ0v) is 18.5. The number of hydrogen-bond donors (Lipinski definition) is 0. The SMILES string of the molecule is Cc1ccc(C)c2c1cc(C)c1nnc(SCC(=O)N3c4ccccc4CC3C)n12. The number of hydrogen-bond acceptors (Lipinski definition) is 4. The van der Waals surface area contributed by atoms with Crippen molar-refractivity contribution in [2.75, 3.05) is 10.7 Å². The van der Waals surface area contributed by atoms with Gasteiger partial charge in [0.15, 0.2) is 10.8 Å². The van der Waals surface area contributed by atoms with Crippen molar-refractivity contribution in [2.24, 2.45) is 0 Å². The van der Waals surface area contributed by atoms with Crippen molar-refractivity contribution in [3.05, 3.63) is 64.7 Å². The molecule has 0 N–H and O–H groups in total. The van der Waals surface area contributed by atoms with Crippen molar-refractivity contribution in [3.8, 4) is 0 Å². The molecule has 3 heterocycles. The third-order valence-electron chi connectivity index (χ3n) is 6.01. The number of thioether (sulfide) groups is 1. The number of pyridine rings is 1. The molecule has 0 saturated heterocycles. The molecule has 1 aliphatic heterocycles. The summed E-state index contributed by atoms with van der Waals surface area (Å²) >= 11 is 1.46. The van der Waals surface area contributed by atoms with Gasteiger partial charge in [-0.25, -0.2) is 0 Å². The number of aromatic nitrogens is 3. The van der Waals surface area contributed by atoms with Gasteiger partial charge in [0.25, 0.3) is 0 Å². The molecular weight excluding hydrogens is 392 g/mol. The molecule has 4 aromatic rings. The minimum atomic E-state index is 0.110. The zero-order chi connectivity index (χ0) is 21.0. The number of fused-ring (bicyclic) bond motifs is 4. The number of para-hydroxylation sites is 1. The average molecular weight is 417 g/mol. The fraction of sp³-hybridized carbons (Fsp3) is 0.292. The molecule has 0 saturated carbocycles. The first-order valence-corrected chi connectivity index (χ1v) is 11.2. The van der Waals surface area contributed by atoms with Crippen molar-refractivity contribution in [2.45, 2.75) is 45.3 Å². The first-order chi connectivity index (χ1) is 14.5. The molecule has 0 bridgehead atoms. The molecule has 1 atom stereocenters. The normalized spacial score (nSPS) is 15.9. The molecule has 0 aliphatic carbocycles. The lowest BCUT2D eigenvalue weighted by atomic mass is 10.0. The van der Waals surface area contributed by atoms with Crippen LogP contribution in [0.15, 0.2) is 47.6 Å². The second-order valence-corrected chi connectivity index (χ2v) is 9.11. The van der Waals surface area contributed by atoms with Gasteiger partial charge in [-0.05, 0) is 68.5 Å². The van der Waals surface area contributed by atoms with Crippen LogP contribution in [-0.4, -0.2) is 32.3 Å². The molecule has 0 spiro atoms. The van der Waals surface area contributed by atoms with Crippen LogP contribution >= 0.6 is 11.8 Å². The third-order valence-corrected chi connectivity index (χ3v) is 6.92. The number of amides is 1. The van der Waals surface area contributed by atoms with Gasteiger partial charge < -0.3 is 4.90 Å². The smallest absolute Gasteiger partial charge is 0.237 e. The zero-order valence-electron chi connectivity index (χ0n) is 17.6. The van der Waals surface area contributed by atoms with Gasteiger partial charge >= 0.3 is 0 Å². The van der Waals surface area contributed by atoms with E-state index in [-0.39, 0.29) is 11.9 Å². The van der Waals surface area contributed by atoms with Crippen LogP contribution in [0.3, 0.4) is 0 Å². The lowest BCUT2D eigenvalue weighted by Gasteiger charge is -2.22. The van der Waals surface area contributed by atoms with E-state index < -0.39 is 0 Å². The van der Waals surface area contributed by atoms with Crippen LogP contribution in [0.5, 0.6) is 0 Å². The number of anilines is 1. The number of benzene rings is 2. The van der Waals surface area contributed by atoms with E-state index in [0.717, 1.165) is 34.0 Å². The van der Waals surface area contributed by atoms with Gasteiger partial charge in [0.2, 0.25) is 5.91 Å². The van der Waals surface area contributed by atoms with E-state index in [1.54, 1.807) is 0 Å². The fourth-order valence-electron chi connectivity index (χ4n) is 4.54. The summed E-state index contributed by atoms with van der Waals surface area (Å²) in [6.45, 7) is 8.41. The quantitative estimate of drug-likeness (QED) is 0.447. The van der Waals surface area contributed by atoms with Crippen molar-refractivity contribution in [3.63, 3.8) is 0 Å². The van der Waals surface area contributed by atoms with E-state index in [9.17, 15) is 4.79 Å². The molecule has 1 aliphatic rings. The maximum atomic E-state index is 13.1. The minimum absolute atomic E-state index is 0.110. The predicted molar refractivity (Wildman–Crippen MR) is 123 cm³/mol. The van der Waals surface area contributed by atoms with Crippen LogP contribution in [0.1, 0.15) is 29.2 Å². The second kappa shape index (κ2) is 7.13. The monoisotopic (exact) mass is 416 g/mol. The van der Waals surface area contributed by atoms with Gasteiger partial charge in [0, 0.05) is 17.1 Å². The van der Waals surface area contributed by atoms with Crippen molar-refractivity contribution < 1.29 is 4.79 Å². The number of carbonyl (C=O) groups excluding carboxylic acids is 1. The van der Waals surface area contributed by atoms with E-state index in [4.69, 9.17) is 0 Å². The Labute approximate surface area is 180 Å². The summed E-state index contributed by atoms with van der Waals surface area (Å²) in [5, 5.41) is 10.8. The van der Waals surface area contributed by atoms with Crippen molar-refractivity contribution >= 4 is 39.9 Å². The van der Waals surface area contributed by atoms with Crippen LogP contribution in [-0.2, 0) is 11.2 Å². The van der Waals surface area contributed by atoms with Crippen LogP contribution in [0.4, 0.5) is 5.69 Å². The van der Waals surface area contributed by atoms with E-state index in [1.165, 1.54) is 33.8 Å².